The Hall–Kier alpha value is -1.00. The molecule has 0 unspecified atom stereocenters. The molecule has 1 saturated heterocycles. The third kappa shape index (κ3) is 1.67. The van der Waals surface area contributed by atoms with Crippen LogP contribution in [0.5, 0.6) is 0 Å². The summed E-state index contributed by atoms with van der Waals surface area (Å²) in [6, 6.07) is 6.26. The fourth-order valence-corrected chi connectivity index (χ4v) is 2.73. The molecule has 2 heterocycles. The number of benzene rings is 1. The molecular formula is C13H15NO2S. The average Bonchev–Trinajstić information content (AvgIpc) is 2.30. The Labute approximate surface area is 106 Å². The number of fused-ring (bicyclic) bond motifs is 1. The van der Waals surface area contributed by atoms with Crippen molar-refractivity contribution in [1.29, 1.82) is 0 Å². The van der Waals surface area contributed by atoms with Crippen LogP contribution in [0.3, 0.4) is 0 Å². The molecule has 0 spiro atoms. The van der Waals surface area contributed by atoms with Crippen molar-refractivity contribution in [3.8, 4) is 0 Å². The third-order valence-corrected chi connectivity index (χ3v) is 4.16. The highest BCUT2D eigenvalue weighted by Gasteiger charge is 2.37. The first-order valence-electron chi connectivity index (χ1n) is 5.80. The van der Waals surface area contributed by atoms with Crippen molar-refractivity contribution in [3.05, 3.63) is 29.3 Å². The van der Waals surface area contributed by atoms with Crippen LogP contribution in [0.2, 0.25) is 0 Å². The molecule has 4 heteroatoms. The Kier molecular flexibility index (Phi) is 2.45. The molecule has 3 rings (SSSR count). The number of carbonyl (C=O) groups excluding carboxylic acids is 1. The number of rotatable bonds is 1. The number of thiol groups is 1. The molecule has 3 nitrogen and oxygen atoms in total. The van der Waals surface area contributed by atoms with E-state index in [9.17, 15) is 4.79 Å². The number of aryl methyl sites for hydroxylation is 1. The predicted octanol–water partition coefficient (Wildman–Crippen LogP) is 1.75. The minimum atomic E-state index is -0.130. The standard InChI is InChI=1S/C13H15NO2S/c1-14-11-4-3-10(13(17)7-16-8-13)6-9(11)2-5-12(14)15/h3-4,6,17H,2,5,7-8H2,1H3. The first-order valence-corrected chi connectivity index (χ1v) is 6.25. The summed E-state index contributed by atoms with van der Waals surface area (Å²) >= 11 is 4.67. The average molecular weight is 249 g/mol. The molecule has 90 valence electrons. The Morgan fingerprint density at radius 2 is 2.12 bits per heavy atom. The van der Waals surface area contributed by atoms with E-state index in [1.54, 1.807) is 4.90 Å². The third-order valence-electron chi connectivity index (χ3n) is 3.64. The molecule has 1 fully saturated rings. The number of carbonyl (C=O) groups is 1. The van der Waals surface area contributed by atoms with E-state index in [2.05, 4.69) is 24.8 Å². The van der Waals surface area contributed by atoms with Crippen molar-refractivity contribution in [2.24, 2.45) is 0 Å². The summed E-state index contributed by atoms with van der Waals surface area (Å²) in [5.74, 6) is 0.192. The summed E-state index contributed by atoms with van der Waals surface area (Å²) in [5.41, 5.74) is 3.47. The lowest BCUT2D eigenvalue weighted by molar-refractivity contribution is -0.118. The van der Waals surface area contributed by atoms with Gasteiger partial charge in [-0.3, -0.25) is 4.79 Å². The summed E-state index contributed by atoms with van der Waals surface area (Å²) in [6.07, 6.45) is 1.43. The van der Waals surface area contributed by atoms with Gasteiger partial charge in [0.1, 0.15) is 0 Å². The number of nitrogens with zero attached hydrogens (tertiary/aromatic N) is 1. The molecule has 0 bridgehead atoms. The maximum Gasteiger partial charge on any atom is 0.227 e. The molecule has 2 aliphatic heterocycles. The van der Waals surface area contributed by atoms with E-state index in [0.717, 1.165) is 12.1 Å². The fraction of sp³-hybridized carbons (Fsp3) is 0.462. The van der Waals surface area contributed by atoms with Crippen LogP contribution in [-0.4, -0.2) is 26.2 Å². The smallest absolute Gasteiger partial charge is 0.227 e. The van der Waals surface area contributed by atoms with E-state index in [-0.39, 0.29) is 10.7 Å². The van der Waals surface area contributed by atoms with E-state index in [1.165, 1.54) is 11.1 Å². The molecule has 1 aromatic rings. The van der Waals surface area contributed by atoms with E-state index in [1.807, 2.05) is 13.1 Å². The SMILES string of the molecule is CN1C(=O)CCc2cc(C3(S)COC3)ccc21. The Morgan fingerprint density at radius 3 is 2.76 bits per heavy atom. The largest absolute Gasteiger partial charge is 0.378 e. The second-order valence-corrected chi connectivity index (χ2v) is 5.68. The molecule has 0 atom stereocenters. The van der Waals surface area contributed by atoms with Crippen molar-refractivity contribution < 1.29 is 9.53 Å². The van der Waals surface area contributed by atoms with Gasteiger partial charge in [0.05, 0.1) is 18.0 Å². The van der Waals surface area contributed by atoms with Crippen LogP contribution >= 0.6 is 12.6 Å². The summed E-state index contributed by atoms with van der Waals surface area (Å²) in [7, 11) is 1.84. The van der Waals surface area contributed by atoms with Gasteiger partial charge in [-0.15, -0.1) is 0 Å². The molecular weight excluding hydrogens is 234 g/mol. The first-order chi connectivity index (χ1) is 8.10. The number of hydrogen-bond donors (Lipinski definition) is 1. The molecule has 0 N–H and O–H groups in total. The normalized spacial score (nSPS) is 22.0. The molecule has 2 aliphatic rings. The summed E-state index contributed by atoms with van der Waals surface area (Å²) < 4.78 is 5.10. The molecule has 17 heavy (non-hydrogen) atoms. The highest BCUT2D eigenvalue weighted by Crippen LogP contribution is 2.39. The van der Waals surface area contributed by atoms with Gasteiger partial charge in [0.15, 0.2) is 0 Å². The highest BCUT2D eigenvalue weighted by molar-refractivity contribution is 7.81. The lowest BCUT2D eigenvalue weighted by Gasteiger charge is -2.38. The predicted molar refractivity (Wildman–Crippen MR) is 69.7 cm³/mol. The van der Waals surface area contributed by atoms with Gasteiger partial charge < -0.3 is 9.64 Å². The molecule has 0 saturated carbocycles. The van der Waals surface area contributed by atoms with E-state index in [0.29, 0.717) is 19.6 Å². The zero-order chi connectivity index (χ0) is 12.0. The summed E-state index contributed by atoms with van der Waals surface area (Å²) in [5, 5.41) is 0. The summed E-state index contributed by atoms with van der Waals surface area (Å²) in [6.45, 7) is 1.34. The van der Waals surface area contributed by atoms with Gasteiger partial charge in [0, 0.05) is 19.2 Å². The van der Waals surface area contributed by atoms with Gasteiger partial charge in [-0.2, -0.15) is 12.6 Å². The molecule has 0 aliphatic carbocycles. The van der Waals surface area contributed by atoms with Crippen LogP contribution in [0, 0.1) is 0 Å². The van der Waals surface area contributed by atoms with Crippen LogP contribution in [0.25, 0.3) is 0 Å². The Morgan fingerprint density at radius 1 is 1.35 bits per heavy atom. The summed E-state index contributed by atoms with van der Waals surface area (Å²) in [4.78, 5) is 13.3. The fourth-order valence-electron chi connectivity index (χ4n) is 2.41. The van der Waals surface area contributed by atoms with Crippen LogP contribution in [0.15, 0.2) is 18.2 Å². The first kappa shape index (κ1) is 11.1. The van der Waals surface area contributed by atoms with Crippen LogP contribution in [0.1, 0.15) is 17.5 Å². The lowest BCUT2D eigenvalue weighted by Crippen LogP contribution is -2.42. The van der Waals surface area contributed by atoms with Crippen LogP contribution < -0.4 is 4.90 Å². The van der Waals surface area contributed by atoms with Gasteiger partial charge in [-0.1, -0.05) is 12.1 Å². The molecule has 0 aromatic heterocycles. The van der Waals surface area contributed by atoms with Crippen molar-refractivity contribution in [3.63, 3.8) is 0 Å². The number of anilines is 1. The molecule has 1 amide bonds. The quantitative estimate of drug-likeness (QED) is 0.768. The molecule has 1 aromatic carbocycles. The van der Waals surface area contributed by atoms with Crippen molar-refractivity contribution in [1.82, 2.24) is 0 Å². The molecule has 0 radical (unpaired) electrons. The van der Waals surface area contributed by atoms with Crippen LogP contribution in [-0.2, 0) is 20.7 Å². The zero-order valence-corrected chi connectivity index (χ0v) is 10.7. The Bertz CT molecular complexity index is 482. The maximum atomic E-state index is 11.6. The second-order valence-electron chi connectivity index (χ2n) is 4.82. The van der Waals surface area contributed by atoms with Gasteiger partial charge in [0.25, 0.3) is 0 Å². The van der Waals surface area contributed by atoms with Gasteiger partial charge in [-0.25, -0.2) is 0 Å². The number of amides is 1. The topological polar surface area (TPSA) is 29.5 Å². The second kappa shape index (κ2) is 3.75. The maximum absolute atomic E-state index is 11.6. The van der Waals surface area contributed by atoms with Gasteiger partial charge in [0.2, 0.25) is 5.91 Å². The van der Waals surface area contributed by atoms with Crippen molar-refractivity contribution in [2.75, 3.05) is 25.2 Å². The number of hydrogen-bond acceptors (Lipinski definition) is 3. The zero-order valence-electron chi connectivity index (χ0n) is 9.77. The lowest BCUT2D eigenvalue weighted by atomic mass is 9.91. The van der Waals surface area contributed by atoms with Crippen molar-refractivity contribution >= 4 is 24.2 Å². The number of ether oxygens (including phenoxy) is 1. The highest BCUT2D eigenvalue weighted by atomic mass is 32.1. The van der Waals surface area contributed by atoms with Gasteiger partial charge in [-0.05, 0) is 23.6 Å². The minimum absolute atomic E-state index is 0.130. The van der Waals surface area contributed by atoms with Crippen LogP contribution in [0.4, 0.5) is 5.69 Å². The van der Waals surface area contributed by atoms with E-state index >= 15 is 0 Å². The van der Waals surface area contributed by atoms with Crippen molar-refractivity contribution in [2.45, 2.75) is 17.6 Å². The van der Waals surface area contributed by atoms with Gasteiger partial charge >= 0.3 is 0 Å². The Balaban J connectivity index is 2.00. The monoisotopic (exact) mass is 249 g/mol. The van der Waals surface area contributed by atoms with E-state index in [4.69, 9.17) is 4.74 Å². The van der Waals surface area contributed by atoms with E-state index < -0.39 is 0 Å². The minimum Gasteiger partial charge on any atom is -0.378 e.